The lowest BCUT2D eigenvalue weighted by Gasteiger charge is -2.25. The van der Waals surface area contributed by atoms with E-state index in [0.29, 0.717) is 10.8 Å². The van der Waals surface area contributed by atoms with E-state index < -0.39 is 10.0 Å². The average Bonchev–Trinajstić information content (AvgIpc) is 3.25. The molecule has 1 atom stereocenters. The maximum Gasteiger partial charge on any atom is 0.277 e. The molecule has 0 bridgehead atoms. The van der Waals surface area contributed by atoms with Crippen LogP contribution in [0.5, 0.6) is 0 Å². The fraction of sp³-hybridized carbons (Fsp3) is 0.536. The van der Waals surface area contributed by atoms with E-state index >= 15 is 0 Å². The molecule has 0 spiro atoms. The normalized spacial score (nSPS) is 17.8. The third-order valence-corrected chi connectivity index (χ3v) is 8.11. The molecule has 2 aromatic carbocycles. The van der Waals surface area contributed by atoms with Gasteiger partial charge in [0.1, 0.15) is 0 Å². The van der Waals surface area contributed by atoms with E-state index in [9.17, 15) is 8.42 Å². The Balaban J connectivity index is 1.90. The average molecular weight is 484 g/mol. The summed E-state index contributed by atoms with van der Waals surface area (Å²) >= 11 is 0. The molecular weight excluding hydrogens is 442 g/mol. The summed E-state index contributed by atoms with van der Waals surface area (Å²) in [6.07, 6.45) is 2.07. The van der Waals surface area contributed by atoms with Crippen LogP contribution in [0.15, 0.2) is 52.5 Å². The minimum absolute atomic E-state index is 0.0871. The summed E-state index contributed by atoms with van der Waals surface area (Å²) in [5.74, 6) is 0.506. The molecule has 34 heavy (non-hydrogen) atoms. The van der Waals surface area contributed by atoms with Crippen molar-refractivity contribution in [1.82, 2.24) is 9.73 Å². The van der Waals surface area contributed by atoms with Crippen molar-refractivity contribution in [2.24, 2.45) is 5.10 Å². The van der Waals surface area contributed by atoms with Crippen LogP contribution in [0.2, 0.25) is 0 Å². The van der Waals surface area contributed by atoms with Gasteiger partial charge in [0.25, 0.3) is 10.0 Å². The quantitative estimate of drug-likeness (QED) is 0.333. The third-order valence-electron chi connectivity index (χ3n) is 6.76. The number of benzene rings is 2. The first-order chi connectivity index (χ1) is 16.0. The summed E-state index contributed by atoms with van der Waals surface area (Å²) in [4.78, 5) is 5.39. The Bertz CT molecular complexity index is 1080. The van der Waals surface area contributed by atoms with E-state index in [1.165, 1.54) is 11.1 Å². The van der Waals surface area contributed by atoms with Gasteiger partial charge in [0.2, 0.25) is 0 Å². The maximum absolute atomic E-state index is 13.6. The molecule has 1 unspecified atom stereocenters. The van der Waals surface area contributed by atoms with Crippen LogP contribution in [0, 0.1) is 0 Å². The van der Waals surface area contributed by atoms with Crippen molar-refractivity contribution in [3.63, 3.8) is 0 Å². The van der Waals surface area contributed by atoms with Crippen LogP contribution in [-0.2, 0) is 16.6 Å². The number of rotatable bonds is 9. The Labute approximate surface area is 206 Å². The van der Waals surface area contributed by atoms with Gasteiger partial charge in [0, 0.05) is 12.6 Å². The molecule has 0 saturated carbocycles. The third kappa shape index (κ3) is 6.08. The summed E-state index contributed by atoms with van der Waals surface area (Å²) in [6, 6.07) is 14.7. The van der Waals surface area contributed by atoms with E-state index in [2.05, 4.69) is 92.8 Å². The number of likely N-dealkylation sites (tertiary alicyclic amines) is 1. The molecule has 6 heteroatoms. The van der Waals surface area contributed by atoms with Gasteiger partial charge in [-0.05, 0) is 66.3 Å². The molecule has 1 aliphatic heterocycles. The highest BCUT2D eigenvalue weighted by Crippen LogP contribution is 2.35. The molecule has 1 saturated heterocycles. The zero-order valence-electron chi connectivity index (χ0n) is 21.8. The topological polar surface area (TPSA) is 61.8 Å². The van der Waals surface area contributed by atoms with Crippen molar-refractivity contribution in [2.45, 2.75) is 96.5 Å². The Morgan fingerprint density at radius 2 is 1.59 bits per heavy atom. The fourth-order valence-corrected chi connectivity index (χ4v) is 6.32. The van der Waals surface area contributed by atoms with Crippen molar-refractivity contribution in [1.29, 1.82) is 0 Å². The molecule has 0 radical (unpaired) electrons. The van der Waals surface area contributed by atoms with Gasteiger partial charge in [0.15, 0.2) is 0 Å². The van der Waals surface area contributed by atoms with Gasteiger partial charge in [0.05, 0.1) is 10.6 Å². The lowest BCUT2D eigenvalue weighted by molar-refractivity contribution is 0.293. The fourth-order valence-electron chi connectivity index (χ4n) is 4.76. The highest BCUT2D eigenvalue weighted by Gasteiger charge is 2.29. The van der Waals surface area contributed by atoms with Crippen molar-refractivity contribution in [3.05, 3.63) is 64.7 Å². The number of hydrogen-bond donors (Lipinski definition) is 1. The zero-order chi connectivity index (χ0) is 25.0. The van der Waals surface area contributed by atoms with Gasteiger partial charge in [-0.1, -0.05) is 84.0 Å². The Hall–Kier alpha value is -2.18. The van der Waals surface area contributed by atoms with Gasteiger partial charge < -0.3 is 0 Å². The SMILES string of the molecule is C/C(=N/NS(=O)(=O)c1c(C(C)C)cc(C(C)C)cc1C(C)C)C1CCCN1Cc1ccccc1. The zero-order valence-corrected chi connectivity index (χ0v) is 22.6. The minimum Gasteiger partial charge on any atom is -0.291 e. The molecule has 3 rings (SSSR count). The molecule has 5 nitrogen and oxygen atoms in total. The predicted octanol–water partition coefficient (Wildman–Crippen LogP) is 6.38. The number of hydrazone groups is 1. The maximum atomic E-state index is 13.6. The van der Waals surface area contributed by atoms with Crippen molar-refractivity contribution >= 4 is 15.7 Å². The van der Waals surface area contributed by atoms with Crippen LogP contribution in [-0.4, -0.2) is 31.6 Å². The molecule has 0 amide bonds. The van der Waals surface area contributed by atoms with Crippen molar-refractivity contribution in [2.75, 3.05) is 6.54 Å². The molecule has 0 aromatic heterocycles. The number of nitrogens with zero attached hydrogens (tertiary/aromatic N) is 2. The summed E-state index contributed by atoms with van der Waals surface area (Å²) in [5.41, 5.74) is 4.97. The van der Waals surface area contributed by atoms with Crippen LogP contribution in [0.25, 0.3) is 0 Å². The second kappa shape index (κ2) is 11.0. The van der Waals surface area contributed by atoms with Crippen LogP contribution in [0.4, 0.5) is 0 Å². The summed E-state index contributed by atoms with van der Waals surface area (Å²) in [5, 5.41) is 4.44. The van der Waals surface area contributed by atoms with E-state index in [0.717, 1.165) is 42.8 Å². The Morgan fingerprint density at radius 1 is 1.00 bits per heavy atom. The highest BCUT2D eigenvalue weighted by molar-refractivity contribution is 7.89. The molecule has 1 aliphatic rings. The molecule has 186 valence electrons. The second-order valence-corrected chi connectivity index (χ2v) is 12.1. The van der Waals surface area contributed by atoms with E-state index in [4.69, 9.17) is 0 Å². The van der Waals surface area contributed by atoms with Crippen LogP contribution >= 0.6 is 0 Å². The predicted molar refractivity (Wildman–Crippen MR) is 142 cm³/mol. The Morgan fingerprint density at radius 3 is 2.12 bits per heavy atom. The first kappa shape index (κ1) is 26.4. The first-order valence-electron chi connectivity index (χ1n) is 12.5. The van der Waals surface area contributed by atoms with Gasteiger partial charge >= 0.3 is 0 Å². The lowest BCUT2D eigenvalue weighted by atomic mass is 9.89. The van der Waals surface area contributed by atoms with Crippen molar-refractivity contribution in [3.8, 4) is 0 Å². The van der Waals surface area contributed by atoms with Crippen molar-refractivity contribution < 1.29 is 8.42 Å². The molecular formula is C28H41N3O2S. The van der Waals surface area contributed by atoms with E-state index in [-0.39, 0.29) is 17.9 Å². The summed E-state index contributed by atoms with van der Waals surface area (Å²) in [7, 11) is -3.81. The van der Waals surface area contributed by atoms with Gasteiger partial charge in [-0.3, -0.25) is 4.90 Å². The smallest absolute Gasteiger partial charge is 0.277 e. The monoisotopic (exact) mass is 483 g/mol. The first-order valence-corrected chi connectivity index (χ1v) is 14.0. The molecule has 2 aromatic rings. The van der Waals surface area contributed by atoms with Crippen LogP contribution in [0.1, 0.15) is 101 Å². The second-order valence-electron chi connectivity index (χ2n) is 10.5. The van der Waals surface area contributed by atoms with Gasteiger partial charge in [-0.15, -0.1) is 0 Å². The number of hydrogen-bond acceptors (Lipinski definition) is 4. The molecule has 1 fully saturated rings. The van der Waals surface area contributed by atoms with Gasteiger partial charge in [-0.25, -0.2) is 4.83 Å². The van der Waals surface area contributed by atoms with Crippen LogP contribution < -0.4 is 4.83 Å². The highest BCUT2D eigenvalue weighted by atomic mass is 32.2. The molecule has 1 N–H and O–H groups in total. The summed E-state index contributed by atoms with van der Waals surface area (Å²) in [6.45, 7) is 16.3. The van der Waals surface area contributed by atoms with Crippen LogP contribution in [0.3, 0.4) is 0 Å². The number of sulfonamides is 1. The number of nitrogens with one attached hydrogen (secondary N) is 1. The minimum atomic E-state index is -3.81. The lowest BCUT2D eigenvalue weighted by Crippen LogP contribution is -2.36. The Kier molecular flexibility index (Phi) is 8.58. The molecule has 1 heterocycles. The molecule has 0 aliphatic carbocycles. The largest absolute Gasteiger partial charge is 0.291 e. The summed E-state index contributed by atoms with van der Waals surface area (Å²) < 4.78 is 27.2. The van der Waals surface area contributed by atoms with E-state index in [1.807, 2.05) is 13.0 Å². The van der Waals surface area contributed by atoms with E-state index in [1.54, 1.807) is 0 Å². The standard InChI is InChI=1S/C28H41N3O2S/c1-19(2)24-16-25(20(3)4)28(26(17-24)21(5)6)34(32,33)30-29-22(7)27-14-11-15-31(27)18-23-12-9-8-10-13-23/h8-10,12-13,16-17,19-21,27,30H,11,14-15,18H2,1-7H3/b29-22-. The van der Waals surface area contributed by atoms with Gasteiger partial charge in [-0.2, -0.15) is 13.5 Å².